The van der Waals surface area contributed by atoms with Crippen molar-refractivity contribution in [2.24, 2.45) is 0 Å². The highest BCUT2D eigenvalue weighted by Gasteiger charge is 2.36. The SMILES string of the molecule is CCCCSc1nc2n(n1)C(c1ccccc1OCc1ccc(C(C)(C)C)cc1)C(C(=O)Nc1ccccc1)=C(C)N2. The van der Waals surface area contributed by atoms with Gasteiger partial charge in [0.1, 0.15) is 18.4 Å². The lowest BCUT2D eigenvalue weighted by molar-refractivity contribution is -0.113. The highest BCUT2D eigenvalue weighted by molar-refractivity contribution is 7.99. The summed E-state index contributed by atoms with van der Waals surface area (Å²) in [7, 11) is 0. The second-order valence-corrected chi connectivity index (χ2v) is 12.6. The van der Waals surface area contributed by atoms with Crippen LogP contribution in [-0.2, 0) is 16.8 Å². The quantitative estimate of drug-likeness (QED) is 0.146. The predicted octanol–water partition coefficient (Wildman–Crippen LogP) is 7.97. The standard InChI is InChI=1S/C34H39N5O2S/c1-6-7-21-42-33-37-32-35-23(2)29(31(40)36-26-13-9-8-10-14-26)30(39(32)38-33)27-15-11-12-16-28(27)41-22-24-17-19-25(20-18-24)34(3,4)5/h8-20,30H,6-7,21-22H2,1-5H3,(H,36,40)(H,35,37,38). The van der Waals surface area contributed by atoms with Gasteiger partial charge >= 0.3 is 0 Å². The third-order valence-corrected chi connectivity index (χ3v) is 8.19. The molecule has 0 saturated heterocycles. The molecule has 1 unspecified atom stereocenters. The lowest BCUT2D eigenvalue weighted by Crippen LogP contribution is -2.31. The first-order valence-corrected chi connectivity index (χ1v) is 15.5. The number of benzene rings is 3. The number of fused-ring (bicyclic) bond motifs is 1. The number of anilines is 2. The van der Waals surface area contributed by atoms with Crippen LogP contribution in [0.15, 0.2) is 95.3 Å². The molecule has 1 atom stereocenters. The fraction of sp³-hybridized carbons (Fsp3) is 0.324. The van der Waals surface area contributed by atoms with Crippen molar-refractivity contribution in [3.8, 4) is 5.75 Å². The summed E-state index contributed by atoms with van der Waals surface area (Å²) in [6.07, 6.45) is 2.19. The van der Waals surface area contributed by atoms with Crippen LogP contribution in [0, 0.1) is 0 Å². The van der Waals surface area contributed by atoms with E-state index in [1.54, 1.807) is 11.8 Å². The monoisotopic (exact) mass is 581 g/mol. The van der Waals surface area contributed by atoms with Gasteiger partial charge in [0, 0.05) is 22.7 Å². The fourth-order valence-electron chi connectivity index (χ4n) is 4.90. The molecule has 1 amide bonds. The molecule has 4 aromatic rings. The van der Waals surface area contributed by atoms with Crippen LogP contribution in [-0.4, -0.2) is 26.4 Å². The maximum absolute atomic E-state index is 13.9. The van der Waals surface area contributed by atoms with Crippen molar-refractivity contribution in [1.82, 2.24) is 14.8 Å². The molecular weight excluding hydrogens is 542 g/mol. The van der Waals surface area contributed by atoms with E-state index in [9.17, 15) is 4.79 Å². The summed E-state index contributed by atoms with van der Waals surface area (Å²) in [6.45, 7) is 11.1. The topological polar surface area (TPSA) is 81.1 Å². The molecule has 1 aliphatic heterocycles. The fourth-order valence-corrected chi connectivity index (χ4v) is 5.81. The summed E-state index contributed by atoms with van der Waals surface area (Å²) in [5.74, 6) is 2.04. The van der Waals surface area contributed by atoms with E-state index in [0.717, 1.165) is 41.1 Å². The van der Waals surface area contributed by atoms with Crippen LogP contribution in [0.2, 0.25) is 0 Å². The van der Waals surface area contributed by atoms with E-state index in [1.807, 2.05) is 66.2 Å². The first-order valence-electron chi connectivity index (χ1n) is 14.5. The number of allylic oxidation sites excluding steroid dienone is 1. The summed E-state index contributed by atoms with van der Waals surface area (Å²) in [6, 6.07) is 25.4. The molecular formula is C34H39N5O2S. The number of hydrogen-bond acceptors (Lipinski definition) is 6. The number of amides is 1. The number of thioether (sulfide) groups is 1. The molecule has 5 rings (SSSR count). The van der Waals surface area contributed by atoms with Crippen molar-refractivity contribution in [3.63, 3.8) is 0 Å². The Balaban J connectivity index is 1.50. The summed E-state index contributed by atoms with van der Waals surface area (Å²) in [5.41, 5.74) is 5.31. The number of carbonyl (C=O) groups excluding carboxylic acids is 1. The van der Waals surface area contributed by atoms with Gasteiger partial charge in [-0.2, -0.15) is 4.98 Å². The Morgan fingerprint density at radius 2 is 1.74 bits per heavy atom. The highest BCUT2D eigenvalue weighted by Crippen LogP contribution is 2.40. The number of para-hydroxylation sites is 2. The van der Waals surface area contributed by atoms with Crippen LogP contribution in [0.1, 0.15) is 70.2 Å². The number of ether oxygens (including phenoxy) is 1. The predicted molar refractivity (Wildman–Crippen MR) is 171 cm³/mol. The molecule has 0 spiro atoms. The van der Waals surface area contributed by atoms with Crippen molar-refractivity contribution >= 4 is 29.3 Å². The average molecular weight is 582 g/mol. The van der Waals surface area contributed by atoms with Crippen molar-refractivity contribution in [2.75, 3.05) is 16.4 Å². The number of nitrogens with zero attached hydrogens (tertiary/aromatic N) is 3. The molecule has 0 bridgehead atoms. The van der Waals surface area contributed by atoms with Gasteiger partial charge in [-0.25, -0.2) is 4.68 Å². The molecule has 7 nitrogen and oxygen atoms in total. The van der Waals surface area contributed by atoms with Crippen LogP contribution in [0.4, 0.5) is 11.6 Å². The second-order valence-electron chi connectivity index (χ2n) is 11.5. The van der Waals surface area contributed by atoms with Crippen LogP contribution >= 0.6 is 11.8 Å². The van der Waals surface area contributed by atoms with Gasteiger partial charge in [-0.05, 0) is 48.1 Å². The third kappa shape index (κ3) is 6.71. The largest absolute Gasteiger partial charge is 0.489 e. The number of carbonyl (C=O) groups is 1. The van der Waals surface area contributed by atoms with Crippen molar-refractivity contribution < 1.29 is 9.53 Å². The Kier molecular flexibility index (Phi) is 9.02. The van der Waals surface area contributed by atoms with E-state index in [-0.39, 0.29) is 11.3 Å². The Hall–Kier alpha value is -4.04. The zero-order chi connectivity index (χ0) is 29.7. The molecule has 3 aromatic carbocycles. The van der Waals surface area contributed by atoms with Gasteiger partial charge in [0.05, 0.1) is 5.57 Å². The zero-order valence-electron chi connectivity index (χ0n) is 25.0. The Bertz CT molecular complexity index is 1560. The summed E-state index contributed by atoms with van der Waals surface area (Å²) >= 11 is 1.63. The molecule has 8 heteroatoms. The van der Waals surface area contributed by atoms with Crippen molar-refractivity contribution in [1.29, 1.82) is 0 Å². The van der Waals surface area contributed by atoms with E-state index in [1.165, 1.54) is 5.56 Å². The second kappa shape index (κ2) is 12.9. The number of rotatable bonds is 10. The molecule has 0 fully saturated rings. The van der Waals surface area contributed by atoms with E-state index in [2.05, 4.69) is 62.6 Å². The molecule has 0 saturated carbocycles. The molecule has 1 aliphatic rings. The molecule has 0 aliphatic carbocycles. The van der Waals surface area contributed by atoms with Crippen LogP contribution in [0.3, 0.4) is 0 Å². The van der Waals surface area contributed by atoms with Gasteiger partial charge in [-0.3, -0.25) is 4.79 Å². The minimum absolute atomic E-state index is 0.0884. The highest BCUT2D eigenvalue weighted by atomic mass is 32.2. The van der Waals surface area contributed by atoms with E-state index >= 15 is 0 Å². The molecule has 42 heavy (non-hydrogen) atoms. The lowest BCUT2D eigenvalue weighted by Gasteiger charge is -2.29. The Morgan fingerprint density at radius 3 is 2.45 bits per heavy atom. The normalized spacial score (nSPS) is 14.7. The van der Waals surface area contributed by atoms with Gasteiger partial charge in [0.15, 0.2) is 0 Å². The maximum atomic E-state index is 13.9. The van der Waals surface area contributed by atoms with Crippen LogP contribution in [0.25, 0.3) is 0 Å². The van der Waals surface area contributed by atoms with E-state index in [4.69, 9.17) is 14.8 Å². The molecule has 2 heterocycles. The number of hydrogen-bond donors (Lipinski definition) is 2. The van der Waals surface area contributed by atoms with Gasteiger partial charge in [-0.15, -0.1) is 5.10 Å². The number of unbranched alkanes of at least 4 members (excludes halogenated alkanes) is 1. The number of nitrogens with one attached hydrogen (secondary N) is 2. The third-order valence-electron chi connectivity index (χ3n) is 7.27. The number of aromatic nitrogens is 3. The Labute approximate surface area is 252 Å². The Morgan fingerprint density at radius 1 is 1.02 bits per heavy atom. The summed E-state index contributed by atoms with van der Waals surface area (Å²) < 4.78 is 8.26. The van der Waals surface area contributed by atoms with Crippen LogP contribution in [0.5, 0.6) is 5.75 Å². The molecule has 2 N–H and O–H groups in total. The van der Waals surface area contributed by atoms with E-state index in [0.29, 0.717) is 29.0 Å². The minimum atomic E-state index is -0.530. The summed E-state index contributed by atoms with van der Waals surface area (Å²) in [4.78, 5) is 18.7. The first kappa shape index (κ1) is 29.5. The maximum Gasteiger partial charge on any atom is 0.255 e. The van der Waals surface area contributed by atoms with Crippen molar-refractivity contribution in [2.45, 2.75) is 70.7 Å². The van der Waals surface area contributed by atoms with Gasteiger partial charge in [0.2, 0.25) is 11.1 Å². The van der Waals surface area contributed by atoms with Gasteiger partial charge in [-0.1, -0.05) is 107 Å². The molecule has 1 aromatic heterocycles. The molecule has 0 radical (unpaired) electrons. The minimum Gasteiger partial charge on any atom is -0.489 e. The van der Waals surface area contributed by atoms with Gasteiger partial charge < -0.3 is 15.4 Å². The first-order chi connectivity index (χ1) is 20.2. The zero-order valence-corrected chi connectivity index (χ0v) is 25.8. The smallest absolute Gasteiger partial charge is 0.255 e. The lowest BCUT2D eigenvalue weighted by atomic mass is 9.87. The van der Waals surface area contributed by atoms with Crippen LogP contribution < -0.4 is 15.4 Å². The average Bonchev–Trinajstić information content (AvgIpc) is 3.38. The van der Waals surface area contributed by atoms with Crippen molar-refractivity contribution in [3.05, 3.63) is 107 Å². The summed E-state index contributed by atoms with van der Waals surface area (Å²) in [5, 5.41) is 12.0. The van der Waals surface area contributed by atoms with E-state index < -0.39 is 6.04 Å². The molecule has 218 valence electrons. The van der Waals surface area contributed by atoms with Gasteiger partial charge in [0.25, 0.3) is 5.91 Å².